The second-order valence-electron chi connectivity index (χ2n) is 2.73. The third-order valence-corrected chi connectivity index (χ3v) is 1.91. The Morgan fingerprint density at radius 3 is 2.40 bits per heavy atom. The van der Waals surface area contributed by atoms with E-state index in [2.05, 4.69) is 4.89 Å². The van der Waals surface area contributed by atoms with Crippen LogP contribution in [0.15, 0.2) is 24.3 Å². The third-order valence-electron chi connectivity index (χ3n) is 1.44. The van der Waals surface area contributed by atoms with E-state index in [4.69, 9.17) is 21.4 Å². The quantitative estimate of drug-likeness (QED) is 0.310. The first kappa shape index (κ1) is 11.4. The number of hydrogen-bond donors (Lipinski definition) is 3. The summed E-state index contributed by atoms with van der Waals surface area (Å²) in [4.78, 5) is 9.43. The molecule has 0 atom stereocenters. The lowest BCUT2D eigenvalue weighted by atomic mass is 10.2. The van der Waals surface area contributed by atoms with Crippen LogP contribution in [0.4, 0.5) is 0 Å². The van der Waals surface area contributed by atoms with Crippen LogP contribution in [-0.2, 0) is 4.89 Å². The summed E-state index contributed by atoms with van der Waals surface area (Å²) in [6.45, 7) is 1.96. The molecular formula is C9H11N3O2S. The molecule has 0 amide bonds. The average molecular weight is 225 g/mol. The summed E-state index contributed by atoms with van der Waals surface area (Å²) in [6, 6.07) is 7.17. The predicted octanol–water partition coefficient (Wildman–Crippen LogP) is 1.87. The van der Waals surface area contributed by atoms with Crippen LogP contribution in [0, 0.1) is 17.7 Å². The summed E-state index contributed by atoms with van der Waals surface area (Å²) in [7, 11) is 0. The molecule has 4 N–H and O–H groups in total. The molecule has 6 heteroatoms. The number of aryl methyl sites for hydroxylation is 1. The molecule has 1 aromatic carbocycles. The molecule has 15 heavy (non-hydrogen) atoms. The highest BCUT2D eigenvalue weighted by Crippen LogP contribution is 2.13. The van der Waals surface area contributed by atoms with Crippen LogP contribution < -0.4 is 10.6 Å². The lowest BCUT2D eigenvalue weighted by Crippen LogP contribution is -2.11. The molecular weight excluding hydrogens is 214 g/mol. The van der Waals surface area contributed by atoms with Gasteiger partial charge in [0.15, 0.2) is 10.9 Å². The number of amidine groups is 1. The van der Waals surface area contributed by atoms with Gasteiger partial charge in [0.05, 0.1) is 0 Å². The van der Waals surface area contributed by atoms with Gasteiger partial charge >= 0.3 is 5.23 Å². The molecule has 0 unspecified atom stereocenters. The second-order valence-corrected chi connectivity index (χ2v) is 3.75. The van der Waals surface area contributed by atoms with Crippen LogP contribution in [-0.4, -0.2) is 10.4 Å². The highest BCUT2D eigenvalue weighted by Gasteiger charge is 2.03. The van der Waals surface area contributed by atoms with Crippen LogP contribution in [0.5, 0.6) is 5.75 Å². The van der Waals surface area contributed by atoms with Gasteiger partial charge in [0, 0.05) is 11.8 Å². The number of thioether (sulfide) groups is 1. The van der Waals surface area contributed by atoms with Gasteiger partial charge in [-0.1, -0.05) is 17.7 Å². The Balaban J connectivity index is 2.40. The topological polar surface area (TPSA) is 92.2 Å². The van der Waals surface area contributed by atoms with Crippen molar-refractivity contribution in [3.8, 4) is 5.75 Å². The van der Waals surface area contributed by atoms with Gasteiger partial charge in [-0.15, -0.1) is 0 Å². The Bertz CT molecular complexity index is 364. The number of nitrogens with one attached hydrogen (secondary N) is 2. The molecule has 0 aliphatic carbocycles. The zero-order valence-corrected chi connectivity index (χ0v) is 8.93. The Morgan fingerprint density at radius 2 is 1.87 bits per heavy atom. The van der Waals surface area contributed by atoms with Crippen molar-refractivity contribution < 1.29 is 9.78 Å². The highest BCUT2D eigenvalue weighted by molar-refractivity contribution is 8.25. The fourth-order valence-corrected chi connectivity index (χ4v) is 1.06. The summed E-state index contributed by atoms with van der Waals surface area (Å²) in [5.74, 6) is 0.495. The first-order valence-corrected chi connectivity index (χ1v) is 4.91. The monoisotopic (exact) mass is 225 g/mol. The van der Waals surface area contributed by atoms with Crippen molar-refractivity contribution in [2.75, 3.05) is 0 Å². The van der Waals surface area contributed by atoms with Gasteiger partial charge in [-0.05, 0) is 19.1 Å². The Kier molecular flexibility index (Phi) is 3.99. The summed E-state index contributed by atoms with van der Waals surface area (Å²) in [5, 5.41) is 13.6. The Labute approximate surface area is 91.5 Å². The fraction of sp³-hybridized carbons (Fsp3) is 0.111. The molecule has 0 aromatic heterocycles. The molecule has 0 spiro atoms. The van der Waals surface area contributed by atoms with E-state index in [0.29, 0.717) is 17.5 Å². The highest BCUT2D eigenvalue weighted by atomic mass is 32.2. The van der Waals surface area contributed by atoms with Crippen molar-refractivity contribution in [1.29, 1.82) is 10.8 Å². The standard InChI is InChI=1S/C9H11N3O2S/c1-6-2-4-7(5-3-6)13-14-9(12)15-8(10)11/h2-5,12H,1H3,(H3,10,11). The minimum Gasteiger partial charge on any atom is -0.378 e. The maximum absolute atomic E-state index is 7.21. The van der Waals surface area contributed by atoms with Crippen molar-refractivity contribution in [1.82, 2.24) is 0 Å². The largest absolute Gasteiger partial charge is 0.378 e. The summed E-state index contributed by atoms with van der Waals surface area (Å²) in [5.41, 5.74) is 6.16. The lowest BCUT2D eigenvalue weighted by molar-refractivity contribution is -0.113. The molecule has 0 saturated carbocycles. The van der Waals surface area contributed by atoms with Gasteiger partial charge in [0.1, 0.15) is 0 Å². The summed E-state index contributed by atoms with van der Waals surface area (Å²) < 4.78 is 0. The second kappa shape index (κ2) is 5.26. The number of hydrogen-bond acceptors (Lipinski definition) is 5. The molecule has 5 nitrogen and oxygen atoms in total. The molecule has 1 rings (SSSR count). The van der Waals surface area contributed by atoms with Gasteiger partial charge in [0.2, 0.25) is 0 Å². The van der Waals surface area contributed by atoms with Gasteiger partial charge in [-0.25, -0.2) is 0 Å². The minimum atomic E-state index is -0.275. The molecule has 0 saturated heterocycles. The van der Waals surface area contributed by atoms with Crippen molar-refractivity contribution in [3.63, 3.8) is 0 Å². The fourth-order valence-electron chi connectivity index (χ4n) is 0.797. The van der Waals surface area contributed by atoms with E-state index in [9.17, 15) is 0 Å². The van der Waals surface area contributed by atoms with Gasteiger partial charge in [-0.3, -0.25) is 20.6 Å². The molecule has 80 valence electrons. The Hall–Kier alpha value is -1.69. The molecule has 1 aromatic rings. The molecule has 0 fully saturated rings. The van der Waals surface area contributed by atoms with Crippen molar-refractivity contribution in [2.45, 2.75) is 6.92 Å². The molecule has 0 aliphatic rings. The van der Waals surface area contributed by atoms with Gasteiger partial charge < -0.3 is 5.73 Å². The number of benzene rings is 1. The zero-order chi connectivity index (χ0) is 11.3. The minimum absolute atomic E-state index is 0.215. The van der Waals surface area contributed by atoms with E-state index < -0.39 is 0 Å². The van der Waals surface area contributed by atoms with Gasteiger partial charge in [0.25, 0.3) is 0 Å². The van der Waals surface area contributed by atoms with Crippen LogP contribution >= 0.6 is 11.8 Å². The molecule has 0 aliphatic heterocycles. The maximum Gasteiger partial charge on any atom is 0.305 e. The number of nitrogens with two attached hydrogens (primary N) is 1. The van der Waals surface area contributed by atoms with Crippen LogP contribution in [0.25, 0.3) is 0 Å². The van der Waals surface area contributed by atoms with Crippen molar-refractivity contribution in [2.24, 2.45) is 5.73 Å². The summed E-state index contributed by atoms with van der Waals surface area (Å²) >= 11 is 0.674. The first-order chi connectivity index (χ1) is 7.08. The smallest absolute Gasteiger partial charge is 0.305 e. The molecule has 0 bridgehead atoms. The normalized spacial score (nSPS) is 9.40. The van der Waals surface area contributed by atoms with Gasteiger partial charge in [-0.2, -0.15) is 0 Å². The lowest BCUT2D eigenvalue weighted by Gasteiger charge is -2.05. The van der Waals surface area contributed by atoms with Crippen LogP contribution in [0.3, 0.4) is 0 Å². The first-order valence-electron chi connectivity index (χ1n) is 4.09. The van der Waals surface area contributed by atoms with E-state index in [1.807, 2.05) is 19.1 Å². The molecule has 0 heterocycles. The van der Waals surface area contributed by atoms with E-state index >= 15 is 0 Å². The van der Waals surface area contributed by atoms with Crippen LogP contribution in [0.1, 0.15) is 5.56 Å². The number of rotatable bonds is 2. The van der Waals surface area contributed by atoms with Crippen LogP contribution in [0.2, 0.25) is 0 Å². The third kappa shape index (κ3) is 4.37. The van der Waals surface area contributed by atoms with E-state index in [0.717, 1.165) is 5.56 Å². The maximum atomic E-state index is 7.21. The molecule has 0 radical (unpaired) electrons. The average Bonchev–Trinajstić information content (AvgIpc) is 2.16. The van der Waals surface area contributed by atoms with E-state index in [-0.39, 0.29) is 10.4 Å². The zero-order valence-electron chi connectivity index (χ0n) is 8.11. The SMILES string of the molecule is Cc1ccc(OOC(=N)SC(=N)N)cc1. The van der Waals surface area contributed by atoms with Crippen molar-refractivity contribution in [3.05, 3.63) is 29.8 Å². The Morgan fingerprint density at radius 1 is 1.27 bits per heavy atom. The van der Waals surface area contributed by atoms with Crippen molar-refractivity contribution >= 4 is 22.2 Å². The van der Waals surface area contributed by atoms with E-state index in [1.165, 1.54) is 0 Å². The predicted molar refractivity (Wildman–Crippen MR) is 60.1 cm³/mol. The van der Waals surface area contributed by atoms with E-state index in [1.54, 1.807) is 12.1 Å². The summed E-state index contributed by atoms with van der Waals surface area (Å²) in [6.07, 6.45) is 0.